The van der Waals surface area contributed by atoms with E-state index in [1.807, 2.05) is 14.1 Å². The molecule has 4 nitrogen and oxygen atoms in total. The summed E-state index contributed by atoms with van der Waals surface area (Å²) in [6.45, 7) is 2.06. The van der Waals surface area contributed by atoms with E-state index < -0.39 is 17.3 Å². The van der Waals surface area contributed by atoms with E-state index in [9.17, 15) is 14.3 Å². The van der Waals surface area contributed by atoms with Crippen molar-refractivity contribution in [2.24, 2.45) is 0 Å². The molecular formula is C13H18ClFN2O2. The van der Waals surface area contributed by atoms with Gasteiger partial charge in [0, 0.05) is 13.1 Å². The lowest BCUT2D eigenvalue weighted by Gasteiger charge is -2.27. The minimum absolute atomic E-state index is 0.0524. The molecule has 1 unspecified atom stereocenters. The first-order chi connectivity index (χ1) is 8.73. The molecule has 0 heterocycles. The number of carbonyl (C=O) groups is 1. The number of benzene rings is 1. The van der Waals surface area contributed by atoms with Crippen molar-refractivity contribution in [3.8, 4) is 0 Å². The highest BCUT2D eigenvalue weighted by molar-refractivity contribution is 6.34. The largest absolute Gasteiger partial charge is 0.387 e. The number of likely N-dealkylation sites (N-methyl/N-ethyl adjacent to an activating group) is 1. The Morgan fingerprint density at radius 3 is 2.74 bits per heavy atom. The van der Waals surface area contributed by atoms with E-state index in [2.05, 4.69) is 5.32 Å². The Labute approximate surface area is 117 Å². The Hall–Kier alpha value is -1.17. The maximum atomic E-state index is 13.2. The van der Waals surface area contributed by atoms with E-state index in [4.69, 9.17) is 11.6 Å². The van der Waals surface area contributed by atoms with Gasteiger partial charge in [0.1, 0.15) is 5.82 Å². The molecule has 0 aliphatic carbocycles. The van der Waals surface area contributed by atoms with Gasteiger partial charge < -0.3 is 15.3 Å². The molecule has 0 spiro atoms. The summed E-state index contributed by atoms with van der Waals surface area (Å²) in [5.41, 5.74) is -1.01. The third kappa shape index (κ3) is 4.78. The maximum absolute atomic E-state index is 13.2. The van der Waals surface area contributed by atoms with E-state index in [0.29, 0.717) is 6.54 Å². The van der Waals surface area contributed by atoms with Crippen molar-refractivity contribution < 1.29 is 14.3 Å². The fourth-order valence-electron chi connectivity index (χ4n) is 1.78. The minimum atomic E-state index is -1.07. The Bertz CT molecular complexity index is 464. The zero-order chi connectivity index (χ0) is 14.6. The Morgan fingerprint density at radius 1 is 1.53 bits per heavy atom. The molecule has 0 radical (unpaired) electrons. The van der Waals surface area contributed by atoms with Crippen molar-refractivity contribution in [2.75, 3.05) is 27.2 Å². The van der Waals surface area contributed by atoms with Gasteiger partial charge in [-0.25, -0.2) is 4.39 Å². The summed E-state index contributed by atoms with van der Waals surface area (Å²) in [5, 5.41) is 12.4. The van der Waals surface area contributed by atoms with Crippen LogP contribution < -0.4 is 5.32 Å². The van der Waals surface area contributed by atoms with Gasteiger partial charge in [-0.15, -0.1) is 0 Å². The van der Waals surface area contributed by atoms with Crippen molar-refractivity contribution in [2.45, 2.75) is 12.5 Å². The molecule has 0 bridgehead atoms. The zero-order valence-corrected chi connectivity index (χ0v) is 12.0. The third-order valence-corrected chi connectivity index (χ3v) is 2.87. The number of rotatable bonds is 5. The third-order valence-electron chi connectivity index (χ3n) is 2.48. The Balaban J connectivity index is 2.68. The molecule has 0 aliphatic heterocycles. The summed E-state index contributed by atoms with van der Waals surface area (Å²) in [6, 6.07) is 4.02. The second-order valence-corrected chi connectivity index (χ2v) is 5.40. The quantitative estimate of drug-likeness (QED) is 0.864. The van der Waals surface area contributed by atoms with Gasteiger partial charge in [0.15, 0.2) is 0 Å². The lowest BCUT2D eigenvalue weighted by molar-refractivity contribution is 0.0326. The number of carbonyl (C=O) groups excluding carboxylic acids is 1. The van der Waals surface area contributed by atoms with Crippen LogP contribution in [0.15, 0.2) is 18.2 Å². The first-order valence-corrected chi connectivity index (χ1v) is 6.20. The van der Waals surface area contributed by atoms with E-state index in [-0.39, 0.29) is 17.1 Å². The lowest BCUT2D eigenvalue weighted by Crippen LogP contribution is -2.47. The molecule has 0 aliphatic rings. The second kappa shape index (κ2) is 6.32. The van der Waals surface area contributed by atoms with Crippen molar-refractivity contribution in [3.63, 3.8) is 0 Å². The fourth-order valence-corrected chi connectivity index (χ4v) is 1.99. The SMILES string of the molecule is CN(C)CC(C)(O)CNC(=O)c1cccc(F)c1Cl. The molecule has 1 rings (SSSR count). The van der Waals surface area contributed by atoms with E-state index in [1.54, 1.807) is 11.8 Å². The monoisotopic (exact) mass is 288 g/mol. The summed E-state index contributed by atoms with van der Waals surface area (Å²) in [7, 11) is 3.64. The summed E-state index contributed by atoms with van der Waals surface area (Å²) in [4.78, 5) is 13.7. The van der Waals surface area contributed by atoms with Crippen LogP contribution in [-0.4, -0.2) is 48.7 Å². The van der Waals surface area contributed by atoms with E-state index in [0.717, 1.165) is 0 Å². The molecule has 0 saturated heterocycles. The minimum Gasteiger partial charge on any atom is -0.387 e. The molecule has 6 heteroatoms. The smallest absolute Gasteiger partial charge is 0.253 e. The highest BCUT2D eigenvalue weighted by atomic mass is 35.5. The van der Waals surface area contributed by atoms with Gasteiger partial charge in [-0.2, -0.15) is 0 Å². The van der Waals surface area contributed by atoms with Crippen LogP contribution in [-0.2, 0) is 0 Å². The molecular weight excluding hydrogens is 271 g/mol. The zero-order valence-electron chi connectivity index (χ0n) is 11.2. The number of nitrogens with zero attached hydrogens (tertiary/aromatic N) is 1. The number of amides is 1. The molecule has 19 heavy (non-hydrogen) atoms. The van der Waals surface area contributed by atoms with Crippen LogP contribution in [0.2, 0.25) is 5.02 Å². The van der Waals surface area contributed by atoms with Gasteiger partial charge in [0.2, 0.25) is 0 Å². The molecule has 0 aromatic heterocycles. The predicted octanol–water partition coefficient (Wildman–Crippen LogP) is 1.52. The van der Waals surface area contributed by atoms with Crippen LogP contribution >= 0.6 is 11.6 Å². The number of hydrogen-bond acceptors (Lipinski definition) is 3. The van der Waals surface area contributed by atoms with Crippen LogP contribution in [0.3, 0.4) is 0 Å². The molecule has 1 amide bonds. The van der Waals surface area contributed by atoms with Gasteiger partial charge >= 0.3 is 0 Å². The maximum Gasteiger partial charge on any atom is 0.253 e. The average Bonchev–Trinajstić information content (AvgIpc) is 2.28. The first kappa shape index (κ1) is 15.9. The predicted molar refractivity (Wildman–Crippen MR) is 72.9 cm³/mol. The van der Waals surface area contributed by atoms with Gasteiger partial charge in [-0.1, -0.05) is 17.7 Å². The summed E-state index contributed by atoms with van der Waals surface area (Å²) in [6.07, 6.45) is 0. The Kier molecular flexibility index (Phi) is 5.29. The fraction of sp³-hybridized carbons (Fsp3) is 0.462. The number of nitrogens with one attached hydrogen (secondary N) is 1. The molecule has 0 saturated carbocycles. The van der Waals surface area contributed by atoms with Gasteiger partial charge in [0.25, 0.3) is 5.91 Å². The van der Waals surface area contributed by atoms with Crippen molar-refractivity contribution in [1.29, 1.82) is 0 Å². The lowest BCUT2D eigenvalue weighted by atomic mass is 10.1. The van der Waals surface area contributed by atoms with Gasteiger partial charge in [-0.05, 0) is 33.2 Å². The van der Waals surface area contributed by atoms with Crippen LogP contribution in [0, 0.1) is 5.82 Å². The topological polar surface area (TPSA) is 52.6 Å². The van der Waals surface area contributed by atoms with Crippen LogP contribution in [0.25, 0.3) is 0 Å². The summed E-state index contributed by atoms with van der Waals surface area (Å²) >= 11 is 5.72. The first-order valence-electron chi connectivity index (χ1n) is 5.82. The van der Waals surface area contributed by atoms with Crippen molar-refractivity contribution in [3.05, 3.63) is 34.6 Å². The summed E-state index contributed by atoms with van der Waals surface area (Å²) in [5.74, 6) is -1.15. The molecule has 1 aromatic rings. The molecule has 1 aromatic carbocycles. The molecule has 0 fully saturated rings. The highest BCUT2D eigenvalue weighted by Gasteiger charge is 2.23. The van der Waals surface area contributed by atoms with E-state index in [1.165, 1.54) is 18.2 Å². The second-order valence-electron chi connectivity index (χ2n) is 5.02. The standard InChI is InChI=1S/C13H18ClFN2O2/c1-13(19,8-17(2)3)7-16-12(18)9-5-4-6-10(15)11(9)14/h4-6,19H,7-8H2,1-3H3,(H,16,18). The molecule has 2 N–H and O–H groups in total. The Morgan fingerprint density at radius 2 is 2.16 bits per heavy atom. The van der Waals surface area contributed by atoms with E-state index >= 15 is 0 Å². The number of hydrogen-bond donors (Lipinski definition) is 2. The normalized spacial score (nSPS) is 14.3. The van der Waals surface area contributed by atoms with Crippen molar-refractivity contribution >= 4 is 17.5 Å². The highest BCUT2D eigenvalue weighted by Crippen LogP contribution is 2.19. The van der Waals surface area contributed by atoms with Gasteiger partial charge in [-0.3, -0.25) is 4.79 Å². The van der Waals surface area contributed by atoms with Crippen molar-refractivity contribution in [1.82, 2.24) is 10.2 Å². The summed E-state index contributed by atoms with van der Waals surface area (Å²) < 4.78 is 13.2. The molecule has 106 valence electrons. The van der Waals surface area contributed by atoms with Crippen LogP contribution in [0.1, 0.15) is 17.3 Å². The van der Waals surface area contributed by atoms with Gasteiger partial charge in [0.05, 0.1) is 16.2 Å². The number of aliphatic hydroxyl groups is 1. The van der Waals surface area contributed by atoms with Crippen LogP contribution in [0.5, 0.6) is 0 Å². The molecule has 1 atom stereocenters. The average molecular weight is 289 g/mol. The number of halogens is 2. The van der Waals surface area contributed by atoms with Crippen LogP contribution in [0.4, 0.5) is 4.39 Å².